The molecule has 2 rings (SSSR count). The summed E-state index contributed by atoms with van der Waals surface area (Å²) in [5, 5.41) is 2.43. The van der Waals surface area contributed by atoms with E-state index >= 15 is 0 Å². The molecule has 1 fully saturated rings. The number of halogens is 3. The van der Waals surface area contributed by atoms with Crippen LogP contribution in [0.25, 0.3) is 0 Å². The Morgan fingerprint density at radius 3 is 2.67 bits per heavy atom. The van der Waals surface area contributed by atoms with Gasteiger partial charge in [-0.1, -0.05) is 24.0 Å². The Balaban J connectivity index is 1.88. The maximum atomic E-state index is 13.6. The molecule has 1 heterocycles. The second-order valence-electron chi connectivity index (χ2n) is 4.54. The number of rotatable bonds is 3. The summed E-state index contributed by atoms with van der Waals surface area (Å²) < 4.78 is 27.4. The molecule has 1 amide bonds. The molecule has 114 valence electrons. The van der Waals surface area contributed by atoms with Crippen molar-refractivity contribution in [3.63, 3.8) is 0 Å². The van der Waals surface area contributed by atoms with Crippen molar-refractivity contribution in [2.24, 2.45) is 0 Å². The molecule has 8 heteroatoms. The number of hydrogen-bond donors (Lipinski definition) is 1. The van der Waals surface area contributed by atoms with Crippen LogP contribution in [-0.2, 0) is 4.79 Å². The van der Waals surface area contributed by atoms with Crippen LogP contribution in [0.1, 0.15) is 12.8 Å². The van der Waals surface area contributed by atoms with E-state index in [2.05, 4.69) is 26.1 Å². The lowest BCUT2D eigenvalue weighted by molar-refractivity contribution is -0.113. The van der Waals surface area contributed by atoms with Gasteiger partial charge in [0.15, 0.2) is 5.82 Å². The number of nitrogens with one attached hydrogen (secondary N) is 1. The Bertz CT molecular complexity index is 542. The molecule has 1 aromatic carbocycles. The number of amides is 1. The fraction of sp³-hybridized carbons (Fsp3) is 0.385. The molecule has 0 atom stereocenters. The van der Waals surface area contributed by atoms with E-state index in [0.29, 0.717) is 4.32 Å². The van der Waals surface area contributed by atoms with Gasteiger partial charge in [-0.2, -0.15) is 0 Å². The summed E-state index contributed by atoms with van der Waals surface area (Å²) in [5.41, 5.74) is -0.0610. The summed E-state index contributed by atoms with van der Waals surface area (Å²) in [7, 11) is 0. The van der Waals surface area contributed by atoms with Gasteiger partial charge < -0.3 is 10.2 Å². The lowest BCUT2D eigenvalue weighted by atomic mass is 10.3. The molecule has 0 aliphatic carbocycles. The molecule has 0 spiro atoms. The van der Waals surface area contributed by atoms with Crippen molar-refractivity contribution >= 4 is 55.8 Å². The largest absolute Gasteiger partial charge is 0.358 e. The van der Waals surface area contributed by atoms with Gasteiger partial charge in [0, 0.05) is 23.6 Å². The van der Waals surface area contributed by atoms with E-state index in [1.807, 2.05) is 0 Å². The SMILES string of the molecule is O=C(CSC(=S)N1CCCC1)Nc1c(F)cc(F)cc1Br. The molecule has 0 aromatic heterocycles. The summed E-state index contributed by atoms with van der Waals surface area (Å²) >= 11 is 9.52. The van der Waals surface area contributed by atoms with Gasteiger partial charge >= 0.3 is 0 Å². The molecule has 0 bridgehead atoms. The van der Waals surface area contributed by atoms with Crippen LogP contribution in [0.15, 0.2) is 16.6 Å². The molecule has 3 nitrogen and oxygen atoms in total. The summed E-state index contributed by atoms with van der Waals surface area (Å²) in [6, 6.07) is 1.82. The lowest BCUT2D eigenvalue weighted by Crippen LogP contribution is -2.25. The third-order valence-electron chi connectivity index (χ3n) is 2.96. The van der Waals surface area contributed by atoms with Gasteiger partial charge in [0.05, 0.1) is 11.4 Å². The Kier molecular flexibility index (Phi) is 5.95. The standard InChI is InChI=1S/C13H13BrF2N2OS2/c14-9-5-8(15)6-10(16)12(9)17-11(19)7-21-13(20)18-3-1-2-4-18/h5-6H,1-4,7H2,(H,17,19). The summed E-state index contributed by atoms with van der Waals surface area (Å²) in [6.07, 6.45) is 2.22. The summed E-state index contributed by atoms with van der Waals surface area (Å²) in [6.45, 7) is 1.84. The normalized spacial score (nSPS) is 14.3. The van der Waals surface area contributed by atoms with Crippen molar-refractivity contribution in [2.75, 3.05) is 24.2 Å². The quantitative estimate of drug-likeness (QED) is 0.790. The smallest absolute Gasteiger partial charge is 0.234 e. The third kappa shape index (κ3) is 4.62. The minimum Gasteiger partial charge on any atom is -0.358 e. The number of thioether (sulfide) groups is 1. The van der Waals surface area contributed by atoms with E-state index < -0.39 is 11.6 Å². The zero-order chi connectivity index (χ0) is 15.4. The molecule has 0 unspecified atom stereocenters. The highest BCUT2D eigenvalue weighted by Crippen LogP contribution is 2.27. The van der Waals surface area contributed by atoms with E-state index in [0.717, 1.165) is 38.1 Å². The van der Waals surface area contributed by atoms with Crippen molar-refractivity contribution in [2.45, 2.75) is 12.8 Å². The Morgan fingerprint density at radius 2 is 2.05 bits per heavy atom. The maximum Gasteiger partial charge on any atom is 0.234 e. The van der Waals surface area contributed by atoms with Crippen LogP contribution in [0.2, 0.25) is 0 Å². The van der Waals surface area contributed by atoms with Gasteiger partial charge in [0.2, 0.25) is 5.91 Å². The molecule has 0 radical (unpaired) electrons. The molecule has 0 saturated carbocycles. The monoisotopic (exact) mass is 394 g/mol. The highest BCUT2D eigenvalue weighted by atomic mass is 79.9. The number of carbonyl (C=O) groups excluding carboxylic acids is 1. The van der Waals surface area contributed by atoms with Crippen LogP contribution in [0, 0.1) is 11.6 Å². The molecule has 1 saturated heterocycles. The van der Waals surface area contributed by atoms with Crippen molar-refractivity contribution in [1.29, 1.82) is 0 Å². The van der Waals surface area contributed by atoms with Gasteiger partial charge in [-0.05, 0) is 34.8 Å². The molecule has 1 aliphatic heterocycles. The van der Waals surface area contributed by atoms with Crippen molar-refractivity contribution in [3.05, 3.63) is 28.2 Å². The summed E-state index contributed by atoms with van der Waals surface area (Å²) in [4.78, 5) is 13.9. The summed E-state index contributed by atoms with van der Waals surface area (Å²) in [5.74, 6) is -1.81. The van der Waals surface area contributed by atoms with Gasteiger partial charge in [0.1, 0.15) is 10.1 Å². The number of benzene rings is 1. The van der Waals surface area contributed by atoms with E-state index in [9.17, 15) is 13.6 Å². The number of hydrogen-bond acceptors (Lipinski definition) is 3. The van der Waals surface area contributed by atoms with E-state index in [1.165, 1.54) is 11.8 Å². The molecule has 1 aliphatic rings. The average Bonchev–Trinajstić information content (AvgIpc) is 2.94. The second-order valence-corrected chi connectivity index (χ2v) is 7.00. The third-order valence-corrected chi connectivity index (χ3v) is 5.11. The fourth-order valence-corrected chi connectivity index (χ4v) is 3.51. The van der Waals surface area contributed by atoms with Crippen LogP contribution >= 0.6 is 39.9 Å². The predicted octanol–water partition coefficient (Wildman–Crippen LogP) is 3.78. The Morgan fingerprint density at radius 1 is 1.38 bits per heavy atom. The maximum absolute atomic E-state index is 13.6. The van der Waals surface area contributed by atoms with Crippen LogP contribution in [0.3, 0.4) is 0 Å². The van der Waals surface area contributed by atoms with Crippen molar-refractivity contribution in [1.82, 2.24) is 4.90 Å². The molecular weight excluding hydrogens is 382 g/mol. The first-order chi connectivity index (χ1) is 9.97. The van der Waals surface area contributed by atoms with Crippen LogP contribution < -0.4 is 5.32 Å². The topological polar surface area (TPSA) is 32.3 Å². The molecule has 1 aromatic rings. The zero-order valence-electron chi connectivity index (χ0n) is 11.0. The van der Waals surface area contributed by atoms with Gasteiger partial charge in [-0.3, -0.25) is 4.79 Å². The highest BCUT2D eigenvalue weighted by Gasteiger charge is 2.17. The minimum absolute atomic E-state index is 0.0610. The number of likely N-dealkylation sites (tertiary alicyclic amines) is 1. The van der Waals surface area contributed by atoms with E-state index in [4.69, 9.17) is 12.2 Å². The minimum atomic E-state index is -0.817. The van der Waals surface area contributed by atoms with Crippen molar-refractivity contribution in [3.8, 4) is 0 Å². The fourth-order valence-electron chi connectivity index (χ4n) is 1.96. The molecular formula is C13H13BrF2N2OS2. The van der Waals surface area contributed by atoms with Crippen LogP contribution in [-0.4, -0.2) is 34.0 Å². The lowest BCUT2D eigenvalue weighted by Gasteiger charge is -2.17. The highest BCUT2D eigenvalue weighted by molar-refractivity contribution is 9.10. The average molecular weight is 395 g/mol. The van der Waals surface area contributed by atoms with Gasteiger partial charge in [-0.25, -0.2) is 8.78 Å². The van der Waals surface area contributed by atoms with Gasteiger partial charge in [-0.15, -0.1) is 0 Å². The van der Waals surface area contributed by atoms with E-state index in [1.54, 1.807) is 0 Å². The first-order valence-corrected chi connectivity index (χ1v) is 8.52. The first kappa shape index (κ1) is 16.6. The number of carbonyl (C=O) groups is 1. The molecule has 21 heavy (non-hydrogen) atoms. The van der Waals surface area contributed by atoms with Crippen LogP contribution in [0.5, 0.6) is 0 Å². The zero-order valence-corrected chi connectivity index (χ0v) is 14.2. The number of anilines is 1. The first-order valence-electron chi connectivity index (χ1n) is 6.33. The number of nitrogens with zero attached hydrogens (tertiary/aromatic N) is 1. The van der Waals surface area contributed by atoms with Gasteiger partial charge in [0.25, 0.3) is 0 Å². The Labute approximate surface area is 139 Å². The second kappa shape index (κ2) is 7.51. The van der Waals surface area contributed by atoms with Crippen molar-refractivity contribution < 1.29 is 13.6 Å². The Hall–Kier alpha value is -0.730. The van der Waals surface area contributed by atoms with Crippen LogP contribution in [0.4, 0.5) is 14.5 Å². The predicted molar refractivity (Wildman–Crippen MR) is 88.6 cm³/mol. The molecule has 1 N–H and O–H groups in total. The number of thiocarbonyl (C=S) groups is 1. The van der Waals surface area contributed by atoms with E-state index in [-0.39, 0.29) is 21.8 Å².